The summed E-state index contributed by atoms with van der Waals surface area (Å²) in [6.07, 6.45) is -0.410. The van der Waals surface area contributed by atoms with Crippen molar-refractivity contribution in [2.24, 2.45) is 5.92 Å². The lowest BCUT2D eigenvalue weighted by molar-refractivity contribution is 0.0777. The van der Waals surface area contributed by atoms with Gasteiger partial charge in [-0.1, -0.05) is 30.3 Å². The summed E-state index contributed by atoms with van der Waals surface area (Å²) in [4.78, 5) is 13.0. The number of hydrogen-bond donors (Lipinski definition) is 2. The fourth-order valence-corrected chi connectivity index (χ4v) is 3.45. The molecule has 0 spiro atoms. The molecule has 0 heterocycles. The van der Waals surface area contributed by atoms with Gasteiger partial charge in [-0.3, -0.25) is 0 Å². The Hall–Kier alpha value is -3.51. The number of benzene rings is 3. The third kappa shape index (κ3) is 7.26. The summed E-state index contributed by atoms with van der Waals surface area (Å²) >= 11 is 0. The van der Waals surface area contributed by atoms with Crippen LogP contribution in [0.5, 0.6) is 23.0 Å². The van der Waals surface area contributed by atoms with Gasteiger partial charge in [0.15, 0.2) is 0 Å². The molecule has 0 aliphatic heterocycles. The molecule has 0 aliphatic rings. The third-order valence-corrected chi connectivity index (χ3v) is 5.23. The Morgan fingerprint density at radius 2 is 1.27 bits per heavy atom. The molecule has 174 valence electrons. The quantitative estimate of drug-likeness (QED) is 0.407. The monoisotopic (exact) mass is 449 g/mol. The van der Waals surface area contributed by atoms with Crippen molar-refractivity contribution in [3.63, 3.8) is 0 Å². The largest absolute Gasteiger partial charge is 0.465 e. The molecule has 3 aromatic rings. The Morgan fingerprint density at radius 1 is 0.818 bits per heavy atom. The van der Waals surface area contributed by atoms with Crippen molar-refractivity contribution in [2.75, 3.05) is 13.2 Å². The van der Waals surface area contributed by atoms with E-state index in [0.29, 0.717) is 17.9 Å². The van der Waals surface area contributed by atoms with Crippen LogP contribution >= 0.6 is 0 Å². The van der Waals surface area contributed by atoms with E-state index < -0.39 is 11.6 Å². The highest BCUT2D eigenvalue weighted by atomic mass is 16.5. The van der Waals surface area contributed by atoms with Crippen LogP contribution in [0, 0.1) is 5.92 Å². The number of aliphatic hydroxyl groups excluding tert-OH is 1. The Kier molecular flexibility index (Phi) is 7.96. The van der Waals surface area contributed by atoms with Gasteiger partial charge in [0.25, 0.3) is 0 Å². The van der Waals surface area contributed by atoms with Crippen molar-refractivity contribution in [1.29, 1.82) is 0 Å². The zero-order valence-corrected chi connectivity index (χ0v) is 19.3. The van der Waals surface area contributed by atoms with Gasteiger partial charge in [-0.05, 0) is 81.3 Å². The maximum Gasteiger partial charge on any atom is 0.407 e. The van der Waals surface area contributed by atoms with Gasteiger partial charge in [-0.25, -0.2) is 4.79 Å². The van der Waals surface area contributed by atoms with Crippen LogP contribution in [0.25, 0.3) is 0 Å². The summed E-state index contributed by atoms with van der Waals surface area (Å²) in [6.45, 7) is 5.73. The molecule has 0 saturated heterocycles. The van der Waals surface area contributed by atoms with Crippen LogP contribution in [-0.4, -0.2) is 39.9 Å². The highest BCUT2D eigenvalue weighted by molar-refractivity contribution is 5.66. The second kappa shape index (κ2) is 10.9. The van der Waals surface area contributed by atoms with Gasteiger partial charge in [0.2, 0.25) is 0 Å². The first-order chi connectivity index (χ1) is 15.7. The molecule has 0 aromatic heterocycles. The minimum absolute atomic E-state index is 0.0878. The van der Waals surface area contributed by atoms with Crippen LogP contribution in [0.15, 0.2) is 78.9 Å². The van der Waals surface area contributed by atoms with Gasteiger partial charge in [0.1, 0.15) is 23.0 Å². The fourth-order valence-electron chi connectivity index (χ4n) is 3.45. The lowest BCUT2D eigenvalue weighted by atomic mass is 9.97. The van der Waals surface area contributed by atoms with Gasteiger partial charge < -0.3 is 24.6 Å². The minimum Gasteiger partial charge on any atom is -0.465 e. The van der Waals surface area contributed by atoms with Crippen molar-refractivity contribution < 1.29 is 24.5 Å². The van der Waals surface area contributed by atoms with Gasteiger partial charge >= 0.3 is 6.09 Å². The van der Waals surface area contributed by atoms with E-state index in [0.717, 1.165) is 17.1 Å². The number of rotatable bonds is 9. The summed E-state index contributed by atoms with van der Waals surface area (Å²) < 4.78 is 11.7. The van der Waals surface area contributed by atoms with Gasteiger partial charge in [-0.15, -0.1) is 0 Å². The Bertz CT molecular complexity index is 1010. The molecular formula is C27H31NO5. The highest BCUT2D eigenvalue weighted by Gasteiger charge is 2.28. The zero-order chi connectivity index (χ0) is 23.8. The van der Waals surface area contributed by atoms with E-state index >= 15 is 0 Å². The van der Waals surface area contributed by atoms with Crippen molar-refractivity contribution in [2.45, 2.75) is 32.7 Å². The molecule has 6 heteroatoms. The number of nitrogens with zero attached hydrogens (tertiary/aromatic N) is 1. The predicted molar refractivity (Wildman–Crippen MR) is 128 cm³/mol. The Morgan fingerprint density at radius 3 is 1.70 bits per heavy atom. The van der Waals surface area contributed by atoms with Crippen LogP contribution in [-0.2, 0) is 6.42 Å². The molecule has 1 amide bonds. The molecule has 0 unspecified atom stereocenters. The lowest BCUT2D eigenvalue weighted by Crippen LogP contribution is -2.48. The second-order valence-corrected chi connectivity index (χ2v) is 8.95. The molecule has 0 radical (unpaired) electrons. The van der Waals surface area contributed by atoms with Crippen molar-refractivity contribution in [3.8, 4) is 23.0 Å². The van der Waals surface area contributed by atoms with Gasteiger partial charge in [0.05, 0.1) is 0 Å². The number of aliphatic hydroxyl groups is 1. The average molecular weight is 450 g/mol. The minimum atomic E-state index is -0.982. The van der Waals surface area contributed by atoms with Crippen LogP contribution in [0.1, 0.15) is 26.3 Å². The van der Waals surface area contributed by atoms with E-state index in [1.165, 1.54) is 4.90 Å². The molecule has 3 rings (SSSR count). The molecule has 0 bridgehead atoms. The first-order valence-corrected chi connectivity index (χ1v) is 11.0. The summed E-state index contributed by atoms with van der Waals surface area (Å²) in [7, 11) is 0. The summed E-state index contributed by atoms with van der Waals surface area (Å²) in [5.74, 6) is 2.70. The Labute approximate surface area is 195 Å². The number of carboxylic acid groups (broad SMARTS) is 1. The fraction of sp³-hybridized carbons (Fsp3) is 0.296. The summed E-state index contributed by atoms with van der Waals surface area (Å²) in [5.41, 5.74) is 0.478. The van der Waals surface area contributed by atoms with Crippen molar-refractivity contribution in [1.82, 2.24) is 4.90 Å². The zero-order valence-electron chi connectivity index (χ0n) is 19.3. The molecule has 33 heavy (non-hydrogen) atoms. The van der Waals surface area contributed by atoms with Gasteiger partial charge in [-0.2, -0.15) is 0 Å². The second-order valence-electron chi connectivity index (χ2n) is 8.95. The maximum atomic E-state index is 11.6. The van der Waals surface area contributed by atoms with Crippen molar-refractivity contribution >= 4 is 6.09 Å². The maximum absolute atomic E-state index is 11.6. The van der Waals surface area contributed by atoms with E-state index in [1.54, 1.807) is 0 Å². The van der Waals surface area contributed by atoms with Crippen LogP contribution in [0.3, 0.4) is 0 Å². The molecule has 0 fully saturated rings. The standard InChI is InChI=1S/C27H31NO5/c1-27(2,3)28(26(30)31)18-21(19-29)17-20-9-11-23(12-10-20)33-25-15-13-24(14-16-25)32-22-7-5-4-6-8-22/h4-16,21,29H,17-19H2,1-3H3,(H,30,31)/t21-/m0/s1. The SMILES string of the molecule is CC(C)(C)N(C[C@@H](CO)Cc1ccc(Oc2ccc(Oc3ccccc3)cc2)cc1)C(=O)O. The number of carbonyl (C=O) groups is 1. The molecule has 2 N–H and O–H groups in total. The van der Waals surface area contributed by atoms with E-state index in [-0.39, 0.29) is 19.1 Å². The number of amides is 1. The van der Waals surface area contributed by atoms with Crippen molar-refractivity contribution in [3.05, 3.63) is 84.4 Å². The number of ether oxygens (including phenoxy) is 2. The van der Waals surface area contributed by atoms with E-state index in [1.807, 2.05) is 99.6 Å². The normalized spacial score (nSPS) is 12.1. The van der Waals surface area contributed by atoms with E-state index in [9.17, 15) is 15.0 Å². The first-order valence-electron chi connectivity index (χ1n) is 11.0. The number of hydrogen-bond acceptors (Lipinski definition) is 4. The molecule has 3 aromatic carbocycles. The first kappa shape index (κ1) is 24.1. The van der Waals surface area contributed by atoms with E-state index in [4.69, 9.17) is 9.47 Å². The molecule has 1 atom stereocenters. The summed E-state index contributed by atoms with van der Waals surface area (Å²) in [6, 6.07) is 24.6. The molecule has 6 nitrogen and oxygen atoms in total. The lowest BCUT2D eigenvalue weighted by Gasteiger charge is -2.35. The van der Waals surface area contributed by atoms with Crippen LogP contribution < -0.4 is 9.47 Å². The number of para-hydroxylation sites is 1. The molecule has 0 aliphatic carbocycles. The predicted octanol–water partition coefficient (Wildman–Crippen LogP) is 6.20. The average Bonchev–Trinajstić information content (AvgIpc) is 2.78. The van der Waals surface area contributed by atoms with Crippen LogP contribution in [0.2, 0.25) is 0 Å². The van der Waals surface area contributed by atoms with Gasteiger partial charge in [0, 0.05) is 24.6 Å². The molecular weight excluding hydrogens is 418 g/mol. The Balaban J connectivity index is 1.57. The highest BCUT2D eigenvalue weighted by Crippen LogP contribution is 2.27. The van der Waals surface area contributed by atoms with E-state index in [2.05, 4.69) is 0 Å². The topological polar surface area (TPSA) is 79.2 Å². The summed E-state index contributed by atoms with van der Waals surface area (Å²) in [5, 5.41) is 19.3. The smallest absolute Gasteiger partial charge is 0.407 e. The molecule has 0 saturated carbocycles. The third-order valence-electron chi connectivity index (χ3n) is 5.23. The van der Waals surface area contributed by atoms with Crippen LogP contribution in [0.4, 0.5) is 4.79 Å².